The van der Waals surface area contributed by atoms with Gasteiger partial charge < -0.3 is 15.0 Å². The van der Waals surface area contributed by atoms with Crippen molar-refractivity contribution in [3.63, 3.8) is 0 Å². The Morgan fingerprint density at radius 3 is 2.55 bits per heavy atom. The summed E-state index contributed by atoms with van der Waals surface area (Å²) in [7, 11) is 1.61. The summed E-state index contributed by atoms with van der Waals surface area (Å²) in [6.45, 7) is 6.56. The van der Waals surface area contributed by atoms with Gasteiger partial charge in [-0.05, 0) is 31.0 Å². The first kappa shape index (κ1) is 18.0. The zero-order valence-electron chi connectivity index (χ0n) is 13.9. The molecule has 0 fully saturated rings. The maximum Gasteiger partial charge on any atom is 0.242 e. The topological polar surface area (TPSA) is 58.6 Å². The lowest BCUT2D eigenvalue weighted by Gasteiger charge is -2.30. The second kappa shape index (κ2) is 9.07. The van der Waals surface area contributed by atoms with E-state index in [-0.39, 0.29) is 11.8 Å². The molecule has 0 bridgehead atoms. The van der Waals surface area contributed by atoms with Gasteiger partial charge in [0.15, 0.2) is 0 Å². The lowest BCUT2D eigenvalue weighted by atomic mass is 10.1. The number of nitrogens with zero attached hydrogens (tertiary/aromatic N) is 1. The van der Waals surface area contributed by atoms with Crippen LogP contribution in [0, 0.1) is 0 Å². The molecule has 0 unspecified atom stereocenters. The van der Waals surface area contributed by atoms with Gasteiger partial charge in [0.1, 0.15) is 11.8 Å². The molecule has 1 rings (SSSR count). The molecule has 0 spiro atoms. The van der Waals surface area contributed by atoms with Crippen molar-refractivity contribution in [2.45, 2.75) is 46.2 Å². The van der Waals surface area contributed by atoms with Crippen molar-refractivity contribution < 1.29 is 14.3 Å². The summed E-state index contributed by atoms with van der Waals surface area (Å²) < 4.78 is 5.21. The minimum Gasteiger partial charge on any atom is -0.497 e. The van der Waals surface area contributed by atoms with Gasteiger partial charge >= 0.3 is 0 Å². The first-order chi connectivity index (χ1) is 10.6. The van der Waals surface area contributed by atoms with Crippen LogP contribution in [0.2, 0.25) is 0 Å². The van der Waals surface area contributed by atoms with Crippen molar-refractivity contribution in [1.82, 2.24) is 10.2 Å². The lowest BCUT2D eigenvalue weighted by molar-refractivity contribution is -0.141. The van der Waals surface area contributed by atoms with E-state index in [9.17, 15) is 9.59 Å². The highest BCUT2D eigenvalue weighted by atomic mass is 16.5. The molecule has 0 aromatic heterocycles. The van der Waals surface area contributed by atoms with Gasteiger partial charge in [0.2, 0.25) is 11.8 Å². The quantitative estimate of drug-likeness (QED) is 0.802. The molecule has 0 aliphatic carbocycles. The summed E-state index contributed by atoms with van der Waals surface area (Å²) in [6, 6.07) is 7.12. The van der Waals surface area contributed by atoms with E-state index < -0.39 is 6.04 Å². The number of hydrogen-bond acceptors (Lipinski definition) is 3. The van der Waals surface area contributed by atoms with Crippen molar-refractivity contribution >= 4 is 11.8 Å². The molecular formula is C17H26N2O3. The Bertz CT molecular complexity index is 502. The third-order valence-electron chi connectivity index (χ3n) is 3.53. The summed E-state index contributed by atoms with van der Waals surface area (Å²) in [6.07, 6.45) is 0.960. The summed E-state index contributed by atoms with van der Waals surface area (Å²) in [5.74, 6) is 0.614. The Balaban J connectivity index is 3.00. The molecule has 0 radical (unpaired) electrons. The zero-order chi connectivity index (χ0) is 16.5. The van der Waals surface area contributed by atoms with Gasteiger partial charge in [-0.2, -0.15) is 0 Å². The molecular weight excluding hydrogens is 280 g/mol. The van der Waals surface area contributed by atoms with Crippen LogP contribution in [0.25, 0.3) is 0 Å². The largest absolute Gasteiger partial charge is 0.497 e. The SMILES string of the molecule is CCNC(=O)[C@H](CC)N(Cc1cccc(OC)c1)C(=O)CC. The van der Waals surface area contributed by atoms with E-state index in [1.54, 1.807) is 12.0 Å². The van der Waals surface area contributed by atoms with Crippen molar-refractivity contribution in [3.8, 4) is 5.75 Å². The van der Waals surface area contributed by atoms with Crippen molar-refractivity contribution in [1.29, 1.82) is 0 Å². The van der Waals surface area contributed by atoms with Crippen LogP contribution < -0.4 is 10.1 Å². The number of nitrogens with one attached hydrogen (secondary N) is 1. The number of likely N-dealkylation sites (N-methyl/N-ethyl adjacent to an activating group) is 1. The van der Waals surface area contributed by atoms with E-state index in [2.05, 4.69) is 5.32 Å². The van der Waals surface area contributed by atoms with Crippen molar-refractivity contribution in [2.24, 2.45) is 0 Å². The molecule has 0 saturated heterocycles. The fourth-order valence-electron chi connectivity index (χ4n) is 2.38. The van der Waals surface area contributed by atoms with E-state index in [1.165, 1.54) is 0 Å². The van der Waals surface area contributed by atoms with Crippen LogP contribution in [0.5, 0.6) is 5.75 Å². The van der Waals surface area contributed by atoms with Crippen LogP contribution in [-0.2, 0) is 16.1 Å². The number of carbonyl (C=O) groups is 2. The predicted molar refractivity (Wildman–Crippen MR) is 86.6 cm³/mol. The van der Waals surface area contributed by atoms with E-state index in [0.717, 1.165) is 11.3 Å². The van der Waals surface area contributed by atoms with Crippen LogP contribution in [0.4, 0.5) is 0 Å². The lowest BCUT2D eigenvalue weighted by Crippen LogP contribution is -2.48. The normalized spacial score (nSPS) is 11.6. The second-order valence-corrected chi connectivity index (χ2v) is 5.05. The molecule has 122 valence electrons. The first-order valence-corrected chi connectivity index (χ1v) is 7.77. The molecule has 1 aromatic carbocycles. The monoisotopic (exact) mass is 306 g/mol. The van der Waals surface area contributed by atoms with Crippen LogP contribution in [0.15, 0.2) is 24.3 Å². The average molecular weight is 306 g/mol. The highest BCUT2D eigenvalue weighted by molar-refractivity contribution is 5.87. The van der Waals surface area contributed by atoms with Gasteiger partial charge in [0.25, 0.3) is 0 Å². The molecule has 22 heavy (non-hydrogen) atoms. The van der Waals surface area contributed by atoms with Gasteiger partial charge in [-0.3, -0.25) is 9.59 Å². The zero-order valence-corrected chi connectivity index (χ0v) is 13.9. The smallest absolute Gasteiger partial charge is 0.242 e. The molecule has 1 atom stereocenters. The highest BCUT2D eigenvalue weighted by Crippen LogP contribution is 2.17. The predicted octanol–water partition coefficient (Wildman–Crippen LogP) is 2.35. The molecule has 0 heterocycles. The molecule has 5 nitrogen and oxygen atoms in total. The number of methoxy groups -OCH3 is 1. The van der Waals surface area contributed by atoms with Crippen LogP contribution in [0.1, 0.15) is 39.2 Å². The Hall–Kier alpha value is -2.04. The summed E-state index contributed by atoms with van der Waals surface area (Å²) in [5, 5.41) is 2.81. The molecule has 0 aliphatic heterocycles. The average Bonchev–Trinajstić information content (AvgIpc) is 2.54. The number of ether oxygens (including phenoxy) is 1. The van der Waals surface area contributed by atoms with Gasteiger partial charge in [0, 0.05) is 19.5 Å². The fourth-order valence-corrected chi connectivity index (χ4v) is 2.38. The minimum absolute atomic E-state index is 0.0269. The molecule has 0 saturated carbocycles. The minimum atomic E-state index is -0.446. The van der Waals surface area contributed by atoms with Gasteiger partial charge in [0.05, 0.1) is 7.11 Å². The first-order valence-electron chi connectivity index (χ1n) is 7.77. The fraction of sp³-hybridized carbons (Fsp3) is 0.529. The van der Waals surface area contributed by atoms with E-state index in [0.29, 0.717) is 25.9 Å². The molecule has 1 aromatic rings. The Morgan fingerprint density at radius 2 is 2.00 bits per heavy atom. The van der Waals surface area contributed by atoms with E-state index in [1.807, 2.05) is 45.0 Å². The highest BCUT2D eigenvalue weighted by Gasteiger charge is 2.27. The van der Waals surface area contributed by atoms with Gasteiger partial charge in [-0.1, -0.05) is 26.0 Å². The van der Waals surface area contributed by atoms with Gasteiger partial charge in [-0.25, -0.2) is 0 Å². The van der Waals surface area contributed by atoms with E-state index in [4.69, 9.17) is 4.74 Å². The Kier molecular flexibility index (Phi) is 7.43. The summed E-state index contributed by atoms with van der Waals surface area (Å²) >= 11 is 0. The molecule has 2 amide bonds. The summed E-state index contributed by atoms with van der Waals surface area (Å²) in [5.41, 5.74) is 0.948. The third-order valence-corrected chi connectivity index (χ3v) is 3.53. The van der Waals surface area contributed by atoms with Crippen molar-refractivity contribution in [2.75, 3.05) is 13.7 Å². The second-order valence-electron chi connectivity index (χ2n) is 5.05. The molecule has 1 N–H and O–H groups in total. The third kappa shape index (κ3) is 4.76. The number of hydrogen-bond donors (Lipinski definition) is 1. The maximum atomic E-state index is 12.3. The standard InChI is InChI=1S/C17H26N2O3/c1-5-15(17(21)18-7-3)19(16(20)6-2)12-13-9-8-10-14(11-13)22-4/h8-11,15H,5-7,12H2,1-4H3,(H,18,21)/t15-/m0/s1. The maximum absolute atomic E-state index is 12.3. The van der Waals surface area contributed by atoms with Gasteiger partial charge in [-0.15, -0.1) is 0 Å². The Morgan fingerprint density at radius 1 is 1.27 bits per heavy atom. The Labute approximate surface area is 132 Å². The molecule has 0 aliphatic rings. The molecule has 5 heteroatoms. The van der Waals surface area contributed by atoms with Crippen molar-refractivity contribution in [3.05, 3.63) is 29.8 Å². The number of benzene rings is 1. The van der Waals surface area contributed by atoms with Crippen LogP contribution in [-0.4, -0.2) is 36.4 Å². The van der Waals surface area contributed by atoms with E-state index >= 15 is 0 Å². The van der Waals surface area contributed by atoms with Crippen LogP contribution in [0.3, 0.4) is 0 Å². The number of carbonyl (C=O) groups excluding carboxylic acids is 2. The number of rotatable bonds is 8. The number of amides is 2. The van der Waals surface area contributed by atoms with Crippen LogP contribution >= 0.6 is 0 Å². The summed E-state index contributed by atoms with van der Waals surface area (Å²) in [4.78, 5) is 26.2.